The highest BCUT2D eigenvalue weighted by Crippen LogP contribution is 2.29. The number of nitrogen functional groups attached to an aromatic ring is 1. The van der Waals surface area contributed by atoms with Gasteiger partial charge in [0.1, 0.15) is 23.0 Å². The standard InChI is InChI=1S/C14H8F5N3O2/c15-7-2-1-3-8(16)10(7)12(23)11-6(13(24)22-20)4-5-9(21-11)14(17,18)19/h1-5H,20H2,(H,22,24). The number of carbonyl (C=O) groups is 2. The van der Waals surface area contributed by atoms with E-state index in [2.05, 4.69) is 4.98 Å². The molecule has 1 heterocycles. The van der Waals surface area contributed by atoms with Crippen LogP contribution in [0.5, 0.6) is 0 Å². The Labute approximate surface area is 131 Å². The Kier molecular flexibility index (Phi) is 4.60. The Morgan fingerprint density at radius 3 is 2.12 bits per heavy atom. The number of pyridine rings is 1. The zero-order chi connectivity index (χ0) is 18.1. The first kappa shape index (κ1) is 17.5. The summed E-state index contributed by atoms with van der Waals surface area (Å²) >= 11 is 0. The third-order valence-electron chi connectivity index (χ3n) is 2.97. The van der Waals surface area contributed by atoms with E-state index in [0.717, 1.165) is 18.2 Å². The molecule has 0 aliphatic carbocycles. The number of ketones is 1. The van der Waals surface area contributed by atoms with Crippen molar-refractivity contribution in [1.82, 2.24) is 10.4 Å². The molecular weight excluding hydrogens is 337 g/mol. The van der Waals surface area contributed by atoms with Crippen molar-refractivity contribution >= 4 is 11.7 Å². The van der Waals surface area contributed by atoms with Gasteiger partial charge in [0.15, 0.2) is 0 Å². The molecule has 3 N–H and O–H groups in total. The minimum atomic E-state index is -4.93. The predicted octanol–water partition coefficient (Wildman–Crippen LogP) is 2.21. The summed E-state index contributed by atoms with van der Waals surface area (Å²) in [4.78, 5) is 26.9. The van der Waals surface area contributed by atoms with Crippen LogP contribution in [0.15, 0.2) is 30.3 Å². The van der Waals surface area contributed by atoms with E-state index < -0.39 is 52.0 Å². The summed E-state index contributed by atoms with van der Waals surface area (Å²) in [6, 6.07) is 3.54. The van der Waals surface area contributed by atoms with Crippen LogP contribution in [0, 0.1) is 11.6 Å². The zero-order valence-electron chi connectivity index (χ0n) is 11.6. The lowest BCUT2D eigenvalue weighted by atomic mass is 10.0. The Bertz CT molecular complexity index is 800. The van der Waals surface area contributed by atoms with E-state index in [1.165, 1.54) is 0 Å². The van der Waals surface area contributed by atoms with E-state index in [1.807, 2.05) is 0 Å². The normalized spacial score (nSPS) is 11.2. The number of nitrogens with one attached hydrogen (secondary N) is 1. The summed E-state index contributed by atoms with van der Waals surface area (Å²) in [5.74, 6) is -0.388. The van der Waals surface area contributed by atoms with E-state index in [1.54, 1.807) is 5.43 Å². The van der Waals surface area contributed by atoms with Crippen LogP contribution in [0.1, 0.15) is 32.1 Å². The Morgan fingerprint density at radius 2 is 1.62 bits per heavy atom. The second-order valence-corrected chi connectivity index (χ2v) is 4.49. The van der Waals surface area contributed by atoms with E-state index >= 15 is 0 Å². The van der Waals surface area contributed by atoms with Crippen LogP contribution in [0.25, 0.3) is 0 Å². The van der Waals surface area contributed by atoms with Gasteiger partial charge in [-0.25, -0.2) is 19.6 Å². The summed E-state index contributed by atoms with van der Waals surface area (Å²) in [6.07, 6.45) is -4.93. The third-order valence-corrected chi connectivity index (χ3v) is 2.97. The second-order valence-electron chi connectivity index (χ2n) is 4.49. The number of benzene rings is 1. The largest absolute Gasteiger partial charge is 0.433 e. The number of alkyl halides is 3. The number of hydrogen-bond donors (Lipinski definition) is 2. The molecule has 0 saturated carbocycles. The van der Waals surface area contributed by atoms with Gasteiger partial charge in [0.2, 0.25) is 5.78 Å². The van der Waals surface area contributed by atoms with Crippen LogP contribution in [-0.4, -0.2) is 16.7 Å². The molecule has 0 atom stereocenters. The van der Waals surface area contributed by atoms with Gasteiger partial charge in [0.05, 0.1) is 11.1 Å². The smallest absolute Gasteiger partial charge is 0.290 e. The van der Waals surface area contributed by atoms with Crippen molar-refractivity contribution in [1.29, 1.82) is 0 Å². The molecule has 126 valence electrons. The van der Waals surface area contributed by atoms with Crippen molar-refractivity contribution in [2.45, 2.75) is 6.18 Å². The van der Waals surface area contributed by atoms with Gasteiger partial charge in [-0.05, 0) is 24.3 Å². The topological polar surface area (TPSA) is 85.1 Å². The molecule has 0 saturated heterocycles. The van der Waals surface area contributed by atoms with Crippen LogP contribution < -0.4 is 11.3 Å². The molecule has 0 fully saturated rings. The Balaban J connectivity index is 2.70. The van der Waals surface area contributed by atoms with Crippen molar-refractivity contribution in [3.63, 3.8) is 0 Å². The first-order chi connectivity index (χ1) is 11.2. The predicted molar refractivity (Wildman–Crippen MR) is 70.7 cm³/mol. The van der Waals surface area contributed by atoms with Crippen molar-refractivity contribution in [3.05, 3.63) is 64.5 Å². The molecule has 0 radical (unpaired) electrons. The van der Waals surface area contributed by atoms with Gasteiger partial charge in [-0.2, -0.15) is 13.2 Å². The minimum Gasteiger partial charge on any atom is -0.290 e. The molecular formula is C14H8F5N3O2. The van der Waals surface area contributed by atoms with E-state index in [9.17, 15) is 31.5 Å². The molecule has 0 unspecified atom stereocenters. The van der Waals surface area contributed by atoms with Gasteiger partial charge < -0.3 is 0 Å². The Hall–Kier alpha value is -2.88. The quantitative estimate of drug-likeness (QED) is 0.294. The molecule has 0 aliphatic rings. The second kappa shape index (κ2) is 6.32. The maximum atomic E-state index is 13.7. The highest BCUT2D eigenvalue weighted by atomic mass is 19.4. The van der Waals surface area contributed by atoms with Crippen LogP contribution in [-0.2, 0) is 6.18 Å². The lowest BCUT2D eigenvalue weighted by molar-refractivity contribution is -0.141. The lowest BCUT2D eigenvalue weighted by Gasteiger charge is -2.12. The van der Waals surface area contributed by atoms with Crippen LogP contribution in [0.4, 0.5) is 22.0 Å². The van der Waals surface area contributed by atoms with E-state index in [0.29, 0.717) is 12.1 Å². The van der Waals surface area contributed by atoms with E-state index in [4.69, 9.17) is 5.84 Å². The summed E-state index contributed by atoms with van der Waals surface area (Å²) in [5.41, 5.74) is -2.74. The van der Waals surface area contributed by atoms with Gasteiger partial charge in [-0.3, -0.25) is 15.0 Å². The average molecular weight is 345 g/mol. The maximum absolute atomic E-state index is 13.7. The summed E-state index contributed by atoms with van der Waals surface area (Å²) in [5, 5.41) is 0. The molecule has 0 bridgehead atoms. The van der Waals surface area contributed by atoms with E-state index in [-0.39, 0.29) is 0 Å². The highest BCUT2D eigenvalue weighted by molar-refractivity contribution is 6.14. The summed E-state index contributed by atoms with van der Waals surface area (Å²) in [6.45, 7) is 0. The first-order valence-electron chi connectivity index (χ1n) is 6.24. The molecule has 1 aromatic heterocycles. The number of carbonyl (C=O) groups excluding carboxylic acids is 2. The summed E-state index contributed by atoms with van der Waals surface area (Å²) < 4.78 is 65.7. The zero-order valence-corrected chi connectivity index (χ0v) is 11.6. The highest BCUT2D eigenvalue weighted by Gasteiger charge is 2.35. The fourth-order valence-corrected chi connectivity index (χ4v) is 1.88. The maximum Gasteiger partial charge on any atom is 0.433 e. The van der Waals surface area contributed by atoms with Crippen molar-refractivity contribution in [2.24, 2.45) is 5.84 Å². The molecule has 2 aromatic rings. The van der Waals surface area contributed by atoms with Gasteiger partial charge in [0.25, 0.3) is 5.91 Å². The van der Waals surface area contributed by atoms with Crippen LogP contribution >= 0.6 is 0 Å². The fraction of sp³-hybridized carbons (Fsp3) is 0.0714. The van der Waals surface area contributed by atoms with Crippen molar-refractivity contribution < 1.29 is 31.5 Å². The number of halogens is 5. The van der Waals surface area contributed by atoms with Crippen molar-refractivity contribution in [2.75, 3.05) is 0 Å². The molecule has 1 amide bonds. The molecule has 10 heteroatoms. The number of hydrogen-bond acceptors (Lipinski definition) is 4. The average Bonchev–Trinajstić information content (AvgIpc) is 2.52. The van der Waals surface area contributed by atoms with Crippen LogP contribution in [0.3, 0.4) is 0 Å². The monoisotopic (exact) mass is 345 g/mol. The van der Waals surface area contributed by atoms with Gasteiger partial charge >= 0.3 is 6.18 Å². The fourth-order valence-electron chi connectivity index (χ4n) is 1.88. The number of amides is 1. The van der Waals surface area contributed by atoms with Gasteiger partial charge in [0, 0.05) is 0 Å². The summed E-state index contributed by atoms with van der Waals surface area (Å²) in [7, 11) is 0. The first-order valence-corrected chi connectivity index (χ1v) is 6.24. The Morgan fingerprint density at radius 1 is 1.04 bits per heavy atom. The number of hydrazine groups is 1. The SMILES string of the molecule is NNC(=O)c1ccc(C(F)(F)F)nc1C(=O)c1c(F)cccc1F. The molecule has 0 aliphatic heterocycles. The number of nitrogens with zero attached hydrogens (tertiary/aromatic N) is 1. The van der Waals surface area contributed by atoms with Crippen LogP contribution in [0.2, 0.25) is 0 Å². The minimum absolute atomic E-state index is 0.444. The van der Waals surface area contributed by atoms with Gasteiger partial charge in [-0.15, -0.1) is 0 Å². The number of aromatic nitrogens is 1. The third kappa shape index (κ3) is 3.23. The molecule has 5 nitrogen and oxygen atoms in total. The molecule has 2 rings (SSSR count). The molecule has 0 spiro atoms. The lowest BCUT2D eigenvalue weighted by Crippen LogP contribution is -2.32. The molecule has 24 heavy (non-hydrogen) atoms. The number of nitrogens with two attached hydrogens (primary N) is 1. The van der Waals surface area contributed by atoms with Crippen molar-refractivity contribution in [3.8, 4) is 0 Å². The van der Waals surface area contributed by atoms with Gasteiger partial charge in [-0.1, -0.05) is 6.07 Å². The molecule has 1 aromatic carbocycles. The number of rotatable bonds is 3.